The van der Waals surface area contributed by atoms with Crippen LogP contribution in [-0.2, 0) is 19.2 Å². The van der Waals surface area contributed by atoms with Crippen LogP contribution in [0.15, 0.2) is 0 Å². The molecular weight excluding hydrogens is 308 g/mol. The quantitative estimate of drug-likeness (QED) is 0.694. The van der Waals surface area contributed by atoms with Gasteiger partial charge in [-0.3, -0.25) is 14.5 Å². The Bertz CT molecular complexity index is 444. The van der Waals surface area contributed by atoms with Gasteiger partial charge in [-0.25, -0.2) is 0 Å². The zero-order chi connectivity index (χ0) is 18.1. The average molecular weight is 338 g/mol. The number of hydrogen-bond donors (Lipinski definition) is 1. The molecule has 6 nitrogen and oxygen atoms in total. The lowest BCUT2D eigenvalue weighted by Crippen LogP contribution is -2.48. The van der Waals surface area contributed by atoms with Crippen molar-refractivity contribution in [3.63, 3.8) is 0 Å². The largest absolute Gasteiger partial charge is 0.328 e. The molecule has 0 aromatic rings. The fraction of sp³-hybridized carbons (Fsp3) is 0.778. The number of nitrogens with two attached hydrogens (primary N) is 1. The van der Waals surface area contributed by atoms with Gasteiger partial charge in [-0.1, -0.05) is 0 Å². The van der Waals surface area contributed by atoms with Crippen molar-refractivity contribution in [1.29, 1.82) is 0 Å². The summed E-state index contributed by atoms with van der Waals surface area (Å²) in [7, 11) is 0. The van der Waals surface area contributed by atoms with E-state index < -0.39 is 0 Å². The van der Waals surface area contributed by atoms with E-state index in [4.69, 9.17) is 5.73 Å². The lowest BCUT2D eigenvalue weighted by atomic mass is 9.90. The maximum Gasteiger partial charge on any atom is 0.229 e. The SMILES string of the molecule is CC(=O)CCCC(=O)N(C(=O)CCCC(C)=O)C1CCCC(N)C1. The Morgan fingerprint density at radius 3 is 1.79 bits per heavy atom. The molecule has 0 bridgehead atoms. The van der Waals surface area contributed by atoms with Gasteiger partial charge >= 0.3 is 0 Å². The molecule has 0 aromatic carbocycles. The number of nitrogens with zero attached hydrogens (tertiary/aromatic N) is 1. The smallest absolute Gasteiger partial charge is 0.229 e. The average Bonchev–Trinajstić information content (AvgIpc) is 2.46. The Morgan fingerprint density at radius 2 is 1.38 bits per heavy atom. The molecule has 2 N–H and O–H groups in total. The number of carbonyl (C=O) groups excluding carboxylic acids is 4. The van der Waals surface area contributed by atoms with Crippen molar-refractivity contribution < 1.29 is 19.2 Å². The van der Waals surface area contributed by atoms with E-state index in [1.165, 1.54) is 18.7 Å². The summed E-state index contributed by atoms with van der Waals surface area (Å²) < 4.78 is 0. The standard InChI is InChI=1S/C18H30N2O4/c1-13(21)6-3-10-17(23)20(16-9-5-8-15(19)12-16)18(24)11-4-7-14(2)22/h15-16H,3-12,19H2,1-2H3. The second-order valence-electron chi connectivity index (χ2n) is 6.85. The van der Waals surface area contributed by atoms with Gasteiger partial charge in [-0.05, 0) is 52.4 Å². The lowest BCUT2D eigenvalue weighted by Gasteiger charge is -2.35. The molecule has 0 saturated heterocycles. The van der Waals surface area contributed by atoms with E-state index in [-0.39, 0.29) is 48.3 Å². The summed E-state index contributed by atoms with van der Waals surface area (Å²) in [4.78, 5) is 48.6. The monoisotopic (exact) mass is 338 g/mol. The third kappa shape index (κ3) is 7.34. The zero-order valence-corrected chi connectivity index (χ0v) is 14.9. The highest BCUT2D eigenvalue weighted by molar-refractivity contribution is 5.96. The maximum atomic E-state index is 12.6. The summed E-state index contributed by atoms with van der Waals surface area (Å²) >= 11 is 0. The number of ketones is 2. The number of imide groups is 1. The molecule has 0 heterocycles. The highest BCUT2D eigenvalue weighted by Crippen LogP contribution is 2.24. The van der Waals surface area contributed by atoms with Gasteiger partial charge < -0.3 is 15.3 Å². The van der Waals surface area contributed by atoms with E-state index >= 15 is 0 Å². The Labute approximate surface area is 144 Å². The van der Waals surface area contributed by atoms with Gasteiger partial charge in [-0.15, -0.1) is 0 Å². The van der Waals surface area contributed by atoms with Crippen molar-refractivity contribution in [3.8, 4) is 0 Å². The first kappa shape index (κ1) is 20.5. The third-order valence-electron chi connectivity index (χ3n) is 4.43. The first-order valence-electron chi connectivity index (χ1n) is 8.90. The van der Waals surface area contributed by atoms with Crippen molar-refractivity contribution in [2.45, 2.75) is 90.1 Å². The van der Waals surface area contributed by atoms with Gasteiger partial charge in [0.25, 0.3) is 0 Å². The maximum absolute atomic E-state index is 12.6. The summed E-state index contributed by atoms with van der Waals surface area (Å²) in [6, 6.07) is -0.135. The van der Waals surface area contributed by atoms with Crippen molar-refractivity contribution in [2.24, 2.45) is 5.73 Å². The van der Waals surface area contributed by atoms with Crippen LogP contribution in [0.25, 0.3) is 0 Å². The van der Waals surface area contributed by atoms with Crippen molar-refractivity contribution in [2.75, 3.05) is 0 Å². The molecule has 1 fully saturated rings. The first-order chi connectivity index (χ1) is 11.3. The molecule has 24 heavy (non-hydrogen) atoms. The molecule has 0 aromatic heterocycles. The first-order valence-corrected chi connectivity index (χ1v) is 8.90. The third-order valence-corrected chi connectivity index (χ3v) is 4.43. The molecule has 2 amide bonds. The number of amides is 2. The Morgan fingerprint density at radius 1 is 0.875 bits per heavy atom. The molecule has 2 unspecified atom stereocenters. The van der Waals surface area contributed by atoms with Crippen LogP contribution in [0.3, 0.4) is 0 Å². The van der Waals surface area contributed by atoms with Crippen molar-refractivity contribution in [3.05, 3.63) is 0 Å². The van der Waals surface area contributed by atoms with E-state index in [2.05, 4.69) is 0 Å². The number of carbonyl (C=O) groups is 4. The second kappa shape index (κ2) is 10.3. The lowest BCUT2D eigenvalue weighted by molar-refractivity contribution is -0.148. The van der Waals surface area contributed by atoms with Gasteiger partial charge in [0, 0.05) is 37.8 Å². The van der Waals surface area contributed by atoms with Gasteiger partial charge in [-0.2, -0.15) is 0 Å². The normalized spacial score (nSPS) is 20.5. The van der Waals surface area contributed by atoms with Crippen molar-refractivity contribution >= 4 is 23.4 Å². The molecule has 0 spiro atoms. The Hall–Kier alpha value is -1.56. The summed E-state index contributed by atoms with van der Waals surface area (Å²) in [6.45, 7) is 2.99. The highest BCUT2D eigenvalue weighted by Gasteiger charge is 2.32. The number of hydrogen-bond acceptors (Lipinski definition) is 5. The summed E-state index contributed by atoms with van der Waals surface area (Å²) in [5.74, 6) is -0.352. The minimum atomic E-state index is -0.219. The number of rotatable bonds is 9. The van der Waals surface area contributed by atoms with Crippen LogP contribution in [0.4, 0.5) is 0 Å². The molecule has 136 valence electrons. The minimum Gasteiger partial charge on any atom is -0.328 e. The van der Waals surface area contributed by atoms with E-state index in [1.807, 2.05) is 0 Å². The summed E-state index contributed by atoms with van der Waals surface area (Å²) in [6.07, 6.45) is 5.26. The second-order valence-corrected chi connectivity index (χ2v) is 6.85. The van der Waals surface area contributed by atoms with Crippen molar-refractivity contribution in [1.82, 2.24) is 4.90 Å². The summed E-state index contributed by atoms with van der Waals surface area (Å²) in [5.41, 5.74) is 6.00. The molecule has 0 radical (unpaired) electrons. The molecule has 1 aliphatic carbocycles. The number of Topliss-reactive ketones (excluding diaryl/α,β-unsaturated/α-hetero) is 2. The van der Waals surface area contributed by atoms with Crippen LogP contribution in [0.1, 0.15) is 78.1 Å². The van der Waals surface area contributed by atoms with Gasteiger partial charge in [0.05, 0.1) is 0 Å². The molecular formula is C18H30N2O4. The fourth-order valence-electron chi connectivity index (χ4n) is 3.20. The topological polar surface area (TPSA) is 97.5 Å². The van der Waals surface area contributed by atoms with E-state index in [0.29, 0.717) is 32.1 Å². The van der Waals surface area contributed by atoms with Gasteiger partial charge in [0.1, 0.15) is 11.6 Å². The van der Waals surface area contributed by atoms with Crippen LogP contribution in [-0.4, -0.2) is 40.4 Å². The van der Waals surface area contributed by atoms with E-state index in [9.17, 15) is 19.2 Å². The van der Waals surface area contributed by atoms with Crippen LogP contribution < -0.4 is 5.73 Å². The van der Waals surface area contributed by atoms with E-state index in [0.717, 1.165) is 19.3 Å². The van der Waals surface area contributed by atoms with Gasteiger partial charge in [0.2, 0.25) is 11.8 Å². The Kier molecular flexibility index (Phi) is 8.82. The van der Waals surface area contributed by atoms with Gasteiger partial charge in [0.15, 0.2) is 0 Å². The summed E-state index contributed by atoms with van der Waals surface area (Å²) in [5, 5.41) is 0. The highest BCUT2D eigenvalue weighted by atomic mass is 16.2. The Balaban J connectivity index is 2.70. The minimum absolute atomic E-state index is 0.0151. The predicted molar refractivity (Wildman–Crippen MR) is 91.1 cm³/mol. The molecule has 1 aliphatic rings. The molecule has 0 aliphatic heterocycles. The van der Waals surface area contributed by atoms with Crippen LogP contribution in [0.2, 0.25) is 0 Å². The zero-order valence-electron chi connectivity index (χ0n) is 14.9. The predicted octanol–water partition coefficient (Wildman–Crippen LogP) is 2.13. The van der Waals surface area contributed by atoms with Crippen LogP contribution in [0, 0.1) is 0 Å². The van der Waals surface area contributed by atoms with E-state index in [1.54, 1.807) is 0 Å². The molecule has 2 atom stereocenters. The fourth-order valence-corrected chi connectivity index (χ4v) is 3.20. The molecule has 1 saturated carbocycles. The molecule has 6 heteroatoms. The molecule has 1 rings (SSSR count). The van der Waals surface area contributed by atoms with Crippen LogP contribution >= 0.6 is 0 Å². The van der Waals surface area contributed by atoms with Crippen LogP contribution in [0.5, 0.6) is 0 Å².